The van der Waals surface area contributed by atoms with Crippen LogP contribution in [0.3, 0.4) is 0 Å². The minimum atomic E-state index is -0.625. The lowest BCUT2D eigenvalue weighted by atomic mass is 10.2. The molecule has 3 amide bonds. The van der Waals surface area contributed by atoms with Gasteiger partial charge in [0.25, 0.3) is 0 Å². The lowest BCUT2D eigenvalue weighted by molar-refractivity contribution is -0.116. The molecule has 6 heteroatoms. The molecule has 2 aromatic rings. The van der Waals surface area contributed by atoms with E-state index in [0.717, 1.165) is 5.76 Å². The maximum absolute atomic E-state index is 11.7. The van der Waals surface area contributed by atoms with Crippen LogP contribution in [0, 0.1) is 0 Å². The summed E-state index contributed by atoms with van der Waals surface area (Å²) in [6, 6.07) is 9.70. The molecule has 0 fully saturated rings. The van der Waals surface area contributed by atoms with Crippen LogP contribution in [0.5, 0.6) is 0 Å². The van der Waals surface area contributed by atoms with Gasteiger partial charge in [-0.2, -0.15) is 0 Å². The Morgan fingerprint density at radius 3 is 2.25 bits per heavy atom. The summed E-state index contributed by atoms with van der Waals surface area (Å²) in [5.74, 6) is 0.679. The van der Waals surface area contributed by atoms with Gasteiger partial charge in [0.1, 0.15) is 5.76 Å². The number of nitrogens with one attached hydrogen (secondary N) is 2. The van der Waals surface area contributed by atoms with Crippen LogP contribution in [0.1, 0.15) is 12.2 Å². The lowest BCUT2D eigenvalue weighted by Crippen LogP contribution is -2.19. The molecule has 0 saturated carbocycles. The first-order valence-electron chi connectivity index (χ1n) is 6.12. The van der Waals surface area contributed by atoms with Gasteiger partial charge in [-0.3, -0.25) is 4.79 Å². The van der Waals surface area contributed by atoms with E-state index in [4.69, 9.17) is 10.2 Å². The van der Waals surface area contributed by atoms with Crippen LogP contribution in [-0.4, -0.2) is 11.9 Å². The normalized spacial score (nSPS) is 10.0. The number of hydrogen-bond acceptors (Lipinski definition) is 3. The highest BCUT2D eigenvalue weighted by atomic mass is 16.3. The summed E-state index contributed by atoms with van der Waals surface area (Å²) in [6.07, 6.45) is 2.48. The quantitative estimate of drug-likeness (QED) is 0.779. The molecule has 0 aliphatic rings. The second kappa shape index (κ2) is 6.42. The molecule has 0 unspecified atom stereocenters. The van der Waals surface area contributed by atoms with Crippen molar-refractivity contribution in [2.75, 3.05) is 10.6 Å². The number of aryl methyl sites for hydroxylation is 1. The number of primary amides is 1. The molecule has 0 aliphatic carbocycles. The Kier molecular flexibility index (Phi) is 4.39. The van der Waals surface area contributed by atoms with E-state index in [2.05, 4.69) is 10.6 Å². The lowest BCUT2D eigenvalue weighted by Gasteiger charge is -2.06. The molecule has 2 rings (SSSR count). The molecule has 20 heavy (non-hydrogen) atoms. The van der Waals surface area contributed by atoms with Gasteiger partial charge in [-0.1, -0.05) is 0 Å². The molecule has 0 aliphatic heterocycles. The van der Waals surface area contributed by atoms with Gasteiger partial charge in [0.05, 0.1) is 6.26 Å². The minimum Gasteiger partial charge on any atom is -0.469 e. The molecular formula is C14H15N3O3. The number of amides is 3. The van der Waals surface area contributed by atoms with E-state index in [1.54, 1.807) is 36.6 Å². The average molecular weight is 273 g/mol. The third-order valence-electron chi connectivity index (χ3n) is 2.61. The number of hydrogen-bond donors (Lipinski definition) is 3. The van der Waals surface area contributed by atoms with Crippen molar-refractivity contribution < 1.29 is 14.0 Å². The van der Waals surface area contributed by atoms with E-state index in [1.807, 2.05) is 6.07 Å². The van der Waals surface area contributed by atoms with Gasteiger partial charge >= 0.3 is 6.03 Å². The smallest absolute Gasteiger partial charge is 0.316 e. The monoisotopic (exact) mass is 273 g/mol. The van der Waals surface area contributed by atoms with Gasteiger partial charge in [-0.05, 0) is 36.4 Å². The Morgan fingerprint density at radius 2 is 1.70 bits per heavy atom. The van der Waals surface area contributed by atoms with Gasteiger partial charge in [0.2, 0.25) is 5.91 Å². The topological polar surface area (TPSA) is 97.4 Å². The van der Waals surface area contributed by atoms with Crippen molar-refractivity contribution in [3.63, 3.8) is 0 Å². The zero-order valence-electron chi connectivity index (χ0n) is 10.8. The molecule has 4 N–H and O–H groups in total. The Morgan fingerprint density at radius 1 is 1.05 bits per heavy atom. The summed E-state index contributed by atoms with van der Waals surface area (Å²) in [6.45, 7) is 0. The third-order valence-corrected chi connectivity index (χ3v) is 2.61. The predicted molar refractivity (Wildman–Crippen MR) is 75.3 cm³/mol. The molecular weight excluding hydrogens is 258 g/mol. The van der Waals surface area contributed by atoms with Gasteiger partial charge in [-0.15, -0.1) is 0 Å². The number of furan rings is 1. The van der Waals surface area contributed by atoms with E-state index in [1.165, 1.54) is 0 Å². The van der Waals surface area contributed by atoms with Crippen molar-refractivity contribution >= 4 is 23.3 Å². The highest BCUT2D eigenvalue weighted by Gasteiger charge is 2.05. The van der Waals surface area contributed by atoms with Crippen molar-refractivity contribution in [2.24, 2.45) is 5.73 Å². The summed E-state index contributed by atoms with van der Waals surface area (Å²) >= 11 is 0. The number of rotatable bonds is 5. The SMILES string of the molecule is NC(=O)Nc1ccc(NC(=O)CCc2ccco2)cc1. The van der Waals surface area contributed by atoms with Gasteiger partial charge < -0.3 is 20.8 Å². The molecule has 1 aromatic heterocycles. The highest BCUT2D eigenvalue weighted by molar-refractivity contribution is 5.92. The first-order valence-corrected chi connectivity index (χ1v) is 6.12. The second-order valence-corrected chi connectivity index (χ2v) is 4.19. The number of carbonyl (C=O) groups is 2. The first-order chi connectivity index (χ1) is 9.63. The number of benzene rings is 1. The molecule has 1 heterocycles. The van der Waals surface area contributed by atoms with E-state index in [-0.39, 0.29) is 5.91 Å². The van der Waals surface area contributed by atoms with Crippen molar-refractivity contribution in [1.82, 2.24) is 0 Å². The fraction of sp³-hybridized carbons (Fsp3) is 0.143. The third kappa shape index (κ3) is 4.16. The van der Waals surface area contributed by atoms with E-state index >= 15 is 0 Å². The molecule has 104 valence electrons. The molecule has 0 radical (unpaired) electrons. The van der Waals surface area contributed by atoms with Crippen LogP contribution in [-0.2, 0) is 11.2 Å². The van der Waals surface area contributed by atoms with E-state index in [0.29, 0.717) is 24.2 Å². The Labute approximate surface area is 116 Å². The van der Waals surface area contributed by atoms with Crippen LogP contribution in [0.2, 0.25) is 0 Å². The van der Waals surface area contributed by atoms with Crippen LogP contribution < -0.4 is 16.4 Å². The summed E-state index contributed by atoms with van der Waals surface area (Å²) in [5.41, 5.74) is 6.23. The van der Waals surface area contributed by atoms with Crippen molar-refractivity contribution in [2.45, 2.75) is 12.8 Å². The molecule has 1 aromatic carbocycles. The van der Waals surface area contributed by atoms with Crippen molar-refractivity contribution in [3.05, 3.63) is 48.4 Å². The average Bonchev–Trinajstić information content (AvgIpc) is 2.91. The number of carbonyl (C=O) groups excluding carboxylic acids is 2. The Balaban J connectivity index is 1.83. The highest BCUT2D eigenvalue weighted by Crippen LogP contribution is 2.14. The molecule has 0 saturated heterocycles. The molecule has 0 atom stereocenters. The largest absolute Gasteiger partial charge is 0.469 e. The fourth-order valence-electron chi connectivity index (χ4n) is 1.69. The van der Waals surface area contributed by atoms with Crippen LogP contribution in [0.15, 0.2) is 47.1 Å². The zero-order chi connectivity index (χ0) is 14.4. The van der Waals surface area contributed by atoms with Gasteiger partial charge in [-0.25, -0.2) is 4.79 Å². The van der Waals surface area contributed by atoms with Gasteiger partial charge in [0, 0.05) is 24.2 Å². The van der Waals surface area contributed by atoms with Crippen molar-refractivity contribution in [3.8, 4) is 0 Å². The summed E-state index contributed by atoms with van der Waals surface area (Å²) in [7, 11) is 0. The minimum absolute atomic E-state index is 0.1000. The fourth-order valence-corrected chi connectivity index (χ4v) is 1.69. The molecule has 0 bridgehead atoms. The summed E-state index contributed by atoms with van der Waals surface area (Å²) < 4.78 is 5.15. The molecule has 6 nitrogen and oxygen atoms in total. The van der Waals surface area contributed by atoms with Crippen molar-refractivity contribution in [1.29, 1.82) is 0 Å². The van der Waals surface area contributed by atoms with Crippen LogP contribution in [0.4, 0.5) is 16.2 Å². The standard InChI is InChI=1S/C14H15N3O3/c15-14(19)17-11-5-3-10(4-6-11)16-13(18)8-7-12-2-1-9-20-12/h1-6,9H,7-8H2,(H,16,18)(H3,15,17,19). The number of urea groups is 1. The summed E-state index contributed by atoms with van der Waals surface area (Å²) in [5, 5.41) is 5.20. The number of nitrogens with two attached hydrogens (primary N) is 1. The van der Waals surface area contributed by atoms with E-state index < -0.39 is 6.03 Å². The Bertz CT molecular complexity index is 576. The second-order valence-electron chi connectivity index (χ2n) is 4.19. The zero-order valence-corrected chi connectivity index (χ0v) is 10.8. The predicted octanol–water partition coefficient (Wildman–Crippen LogP) is 2.34. The van der Waals surface area contributed by atoms with Crippen LogP contribution in [0.25, 0.3) is 0 Å². The summed E-state index contributed by atoms with van der Waals surface area (Å²) in [4.78, 5) is 22.4. The van der Waals surface area contributed by atoms with Crippen LogP contribution >= 0.6 is 0 Å². The Hall–Kier alpha value is -2.76. The molecule has 0 spiro atoms. The van der Waals surface area contributed by atoms with E-state index in [9.17, 15) is 9.59 Å². The number of anilines is 2. The maximum Gasteiger partial charge on any atom is 0.316 e. The van der Waals surface area contributed by atoms with Gasteiger partial charge in [0.15, 0.2) is 0 Å². The maximum atomic E-state index is 11.7. The first kappa shape index (κ1) is 13.7.